The summed E-state index contributed by atoms with van der Waals surface area (Å²) in [6.45, 7) is 7.50. The lowest BCUT2D eigenvalue weighted by Gasteiger charge is -2.19. The zero-order chi connectivity index (χ0) is 19.3. The van der Waals surface area contributed by atoms with Gasteiger partial charge in [-0.1, -0.05) is 51.1 Å². The molecule has 0 fully saturated rings. The molecule has 2 aromatic carbocycles. The second-order valence-electron chi connectivity index (χ2n) is 7.10. The molecule has 0 radical (unpaired) electrons. The smallest absolute Gasteiger partial charge is 0.338 e. The minimum atomic E-state index is -0.670. The van der Waals surface area contributed by atoms with Crippen LogP contribution in [0.3, 0.4) is 0 Å². The van der Waals surface area contributed by atoms with Gasteiger partial charge in [0.25, 0.3) is 11.8 Å². The van der Waals surface area contributed by atoms with Crippen molar-refractivity contribution in [3.63, 3.8) is 0 Å². The quantitative estimate of drug-likeness (QED) is 0.855. The lowest BCUT2D eigenvalue weighted by Crippen LogP contribution is -2.34. The largest absolute Gasteiger partial charge is 0.452 e. The predicted molar refractivity (Wildman–Crippen MR) is 99.1 cm³/mol. The Labute approximate surface area is 153 Å². The fourth-order valence-electron chi connectivity index (χ4n) is 2.37. The third kappa shape index (κ3) is 5.02. The number of amides is 2. The number of hydrogen-bond donors (Lipinski definition) is 1. The summed E-state index contributed by atoms with van der Waals surface area (Å²) in [6, 6.07) is 14.0. The summed E-state index contributed by atoms with van der Waals surface area (Å²) in [7, 11) is 0. The van der Waals surface area contributed by atoms with Crippen LogP contribution in [-0.4, -0.2) is 24.4 Å². The van der Waals surface area contributed by atoms with Crippen LogP contribution in [0.25, 0.3) is 0 Å². The van der Waals surface area contributed by atoms with Gasteiger partial charge in [0.05, 0.1) is 5.56 Å². The highest BCUT2D eigenvalue weighted by atomic mass is 16.5. The van der Waals surface area contributed by atoms with Crippen LogP contribution in [0.1, 0.15) is 52.6 Å². The summed E-state index contributed by atoms with van der Waals surface area (Å²) in [5, 5.41) is 2.22. The van der Waals surface area contributed by atoms with Gasteiger partial charge in [-0.25, -0.2) is 4.79 Å². The number of imide groups is 1. The van der Waals surface area contributed by atoms with Gasteiger partial charge in [0.1, 0.15) is 0 Å². The third-order valence-corrected chi connectivity index (χ3v) is 3.97. The van der Waals surface area contributed by atoms with E-state index in [1.807, 2.05) is 18.2 Å². The van der Waals surface area contributed by atoms with E-state index in [1.165, 1.54) is 0 Å². The molecule has 0 aliphatic carbocycles. The number of rotatable bonds is 4. The first kappa shape index (κ1) is 19.4. The first-order valence-corrected chi connectivity index (χ1v) is 8.36. The molecule has 5 nitrogen and oxygen atoms in total. The minimum Gasteiger partial charge on any atom is -0.452 e. The molecule has 0 aromatic heterocycles. The van der Waals surface area contributed by atoms with Crippen LogP contribution in [0.5, 0.6) is 0 Å². The molecule has 2 rings (SSSR count). The molecule has 0 atom stereocenters. The van der Waals surface area contributed by atoms with E-state index in [9.17, 15) is 14.4 Å². The van der Waals surface area contributed by atoms with Gasteiger partial charge in [-0.2, -0.15) is 0 Å². The third-order valence-electron chi connectivity index (χ3n) is 3.97. The average molecular weight is 353 g/mol. The van der Waals surface area contributed by atoms with Gasteiger partial charge in [-0.15, -0.1) is 0 Å². The van der Waals surface area contributed by atoms with E-state index in [4.69, 9.17) is 4.74 Å². The average Bonchev–Trinajstić information content (AvgIpc) is 2.59. The first-order valence-electron chi connectivity index (χ1n) is 8.36. The molecular formula is C21H23NO4. The Morgan fingerprint density at radius 3 is 2.15 bits per heavy atom. The Bertz CT molecular complexity index is 817. The number of esters is 1. The highest BCUT2D eigenvalue weighted by Crippen LogP contribution is 2.22. The molecule has 2 amide bonds. The molecule has 136 valence electrons. The van der Waals surface area contributed by atoms with Crippen molar-refractivity contribution < 1.29 is 19.1 Å². The summed E-state index contributed by atoms with van der Waals surface area (Å²) in [5.74, 6) is -1.79. The van der Waals surface area contributed by atoms with Crippen LogP contribution in [0.4, 0.5) is 0 Å². The maximum absolute atomic E-state index is 12.1. The van der Waals surface area contributed by atoms with E-state index < -0.39 is 24.4 Å². The minimum absolute atomic E-state index is 0.0192. The van der Waals surface area contributed by atoms with Crippen LogP contribution in [0.15, 0.2) is 48.5 Å². The van der Waals surface area contributed by atoms with Crippen molar-refractivity contribution in [2.45, 2.75) is 33.1 Å². The zero-order valence-electron chi connectivity index (χ0n) is 15.5. The van der Waals surface area contributed by atoms with E-state index in [1.54, 1.807) is 37.3 Å². The molecule has 5 heteroatoms. The summed E-state index contributed by atoms with van der Waals surface area (Å²) < 4.78 is 4.97. The monoisotopic (exact) mass is 353 g/mol. The summed E-state index contributed by atoms with van der Waals surface area (Å²) in [6.07, 6.45) is 0. The normalized spacial score (nSPS) is 10.9. The lowest BCUT2D eigenvalue weighted by molar-refractivity contribution is -0.123. The second kappa shape index (κ2) is 7.95. The fourth-order valence-corrected chi connectivity index (χ4v) is 2.37. The molecule has 0 unspecified atom stereocenters. The molecule has 0 saturated heterocycles. The molecule has 0 aliphatic heterocycles. The Morgan fingerprint density at radius 2 is 1.58 bits per heavy atom. The van der Waals surface area contributed by atoms with Crippen LogP contribution < -0.4 is 5.32 Å². The van der Waals surface area contributed by atoms with E-state index in [2.05, 4.69) is 26.1 Å². The summed E-state index contributed by atoms with van der Waals surface area (Å²) in [4.78, 5) is 35.9. The summed E-state index contributed by atoms with van der Waals surface area (Å²) >= 11 is 0. The van der Waals surface area contributed by atoms with Gasteiger partial charge in [-0.3, -0.25) is 14.9 Å². The van der Waals surface area contributed by atoms with Gasteiger partial charge < -0.3 is 4.74 Å². The van der Waals surface area contributed by atoms with Gasteiger partial charge in [-0.05, 0) is 41.7 Å². The summed E-state index contributed by atoms with van der Waals surface area (Å²) in [5.41, 5.74) is 2.59. The standard InChI is InChI=1S/C21H23NO4/c1-14-7-5-6-8-17(14)20(25)26-13-18(23)22-19(24)15-9-11-16(12-10-15)21(2,3)4/h5-12H,13H2,1-4H3,(H,22,23,24). The number of benzene rings is 2. The lowest BCUT2D eigenvalue weighted by atomic mass is 9.87. The molecule has 1 N–H and O–H groups in total. The van der Waals surface area contributed by atoms with E-state index >= 15 is 0 Å². The van der Waals surface area contributed by atoms with Crippen molar-refractivity contribution in [2.24, 2.45) is 0 Å². The molecule has 0 heterocycles. The van der Waals surface area contributed by atoms with Crippen molar-refractivity contribution in [3.8, 4) is 0 Å². The highest BCUT2D eigenvalue weighted by molar-refractivity contribution is 6.05. The van der Waals surface area contributed by atoms with Gasteiger partial charge in [0.2, 0.25) is 0 Å². The Hall–Kier alpha value is -2.95. The Kier molecular flexibility index (Phi) is 5.93. The SMILES string of the molecule is Cc1ccccc1C(=O)OCC(=O)NC(=O)c1ccc(C(C)(C)C)cc1. The van der Waals surface area contributed by atoms with Gasteiger partial charge in [0, 0.05) is 5.56 Å². The molecule has 0 bridgehead atoms. The van der Waals surface area contributed by atoms with Crippen molar-refractivity contribution >= 4 is 17.8 Å². The number of hydrogen-bond acceptors (Lipinski definition) is 4. The number of carbonyl (C=O) groups excluding carboxylic acids is 3. The van der Waals surface area contributed by atoms with Crippen molar-refractivity contribution in [1.29, 1.82) is 0 Å². The predicted octanol–water partition coefficient (Wildman–Crippen LogP) is 3.41. The maximum Gasteiger partial charge on any atom is 0.338 e. The maximum atomic E-state index is 12.1. The van der Waals surface area contributed by atoms with Crippen molar-refractivity contribution in [2.75, 3.05) is 6.61 Å². The first-order chi connectivity index (χ1) is 12.2. The van der Waals surface area contributed by atoms with E-state index in [0.717, 1.165) is 11.1 Å². The van der Waals surface area contributed by atoms with Crippen LogP contribution in [0.2, 0.25) is 0 Å². The molecule has 2 aromatic rings. The molecular weight excluding hydrogens is 330 g/mol. The molecule has 0 saturated carbocycles. The van der Waals surface area contributed by atoms with Crippen LogP contribution >= 0.6 is 0 Å². The molecule has 0 spiro atoms. The Balaban J connectivity index is 1.90. The molecule has 26 heavy (non-hydrogen) atoms. The van der Waals surface area contributed by atoms with E-state index in [0.29, 0.717) is 11.1 Å². The Morgan fingerprint density at radius 1 is 0.962 bits per heavy atom. The second-order valence-corrected chi connectivity index (χ2v) is 7.10. The number of nitrogens with one attached hydrogen (secondary N) is 1. The van der Waals surface area contributed by atoms with Gasteiger partial charge in [0.15, 0.2) is 6.61 Å². The topological polar surface area (TPSA) is 72.5 Å². The van der Waals surface area contributed by atoms with Crippen molar-refractivity contribution in [3.05, 3.63) is 70.8 Å². The fraction of sp³-hybridized carbons (Fsp3) is 0.286. The number of aryl methyl sites for hydroxylation is 1. The van der Waals surface area contributed by atoms with Crippen molar-refractivity contribution in [1.82, 2.24) is 5.32 Å². The van der Waals surface area contributed by atoms with Crippen LogP contribution in [0, 0.1) is 6.92 Å². The number of ether oxygens (including phenoxy) is 1. The van der Waals surface area contributed by atoms with E-state index in [-0.39, 0.29) is 5.41 Å². The number of carbonyl (C=O) groups is 3. The van der Waals surface area contributed by atoms with Crippen LogP contribution in [-0.2, 0) is 14.9 Å². The molecule has 0 aliphatic rings. The highest BCUT2D eigenvalue weighted by Gasteiger charge is 2.17. The zero-order valence-corrected chi connectivity index (χ0v) is 15.5. The van der Waals surface area contributed by atoms with Gasteiger partial charge >= 0.3 is 5.97 Å².